The van der Waals surface area contributed by atoms with E-state index in [2.05, 4.69) is 15.5 Å². The van der Waals surface area contributed by atoms with E-state index in [0.717, 1.165) is 16.6 Å². The van der Waals surface area contributed by atoms with Crippen LogP contribution in [0.1, 0.15) is 12.6 Å². The Morgan fingerprint density at radius 1 is 1.56 bits per heavy atom. The predicted octanol–water partition coefficient (Wildman–Crippen LogP) is 1.19. The van der Waals surface area contributed by atoms with Crippen molar-refractivity contribution in [3.05, 3.63) is 23.9 Å². The number of benzene rings is 1. The van der Waals surface area contributed by atoms with E-state index in [0.29, 0.717) is 5.69 Å². The number of hydrogen-bond acceptors (Lipinski definition) is 3. The number of aliphatic hydroxyl groups is 1. The second kappa shape index (κ2) is 3.94. The van der Waals surface area contributed by atoms with Crippen LogP contribution in [0.25, 0.3) is 10.9 Å². The highest BCUT2D eigenvalue weighted by Crippen LogP contribution is 2.19. The average molecular weight is 219 g/mol. The Balaban J connectivity index is 2.30. The van der Waals surface area contributed by atoms with Gasteiger partial charge in [0.05, 0.1) is 5.52 Å². The molecular formula is C11H13N3O2. The molecule has 1 atom stereocenters. The molecule has 2 rings (SSSR count). The zero-order valence-electron chi connectivity index (χ0n) is 9.11. The summed E-state index contributed by atoms with van der Waals surface area (Å²) in [4.78, 5) is 11.3. The summed E-state index contributed by atoms with van der Waals surface area (Å²) in [5, 5.41) is 19.6. The molecule has 1 heterocycles. The molecule has 1 aromatic carbocycles. The fraction of sp³-hybridized carbons (Fsp3) is 0.273. The quantitative estimate of drug-likeness (QED) is 0.710. The number of amides is 1. The SMILES string of the molecule is Cc1[nH]nc2cc(NC(=O)C(C)O)ccc12. The lowest BCUT2D eigenvalue weighted by Crippen LogP contribution is -2.24. The van der Waals surface area contributed by atoms with E-state index in [4.69, 9.17) is 5.11 Å². The molecule has 0 saturated heterocycles. The largest absolute Gasteiger partial charge is 0.384 e. The van der Waals surface area contributed by atoms with Gasteiger partial charge < -0.3 is 10.4 Å². The van der Waals surface area contributed by atoms with Crippen molar-refractivity contribution in [2.24, 2.45) is 0 Å². The third-order valence-electron chi connectivity index (χ3n) is 2.39. The monoisotopic (exact) mass is 219 g/mol. The molecule has 2 aromatic rings. The number of rotatable bonds is 2. The Kier molecular flexibility index (Phi) is 2.62. The van der Waals surface area contributed by atoms with Crippen molar-refractivity contribution in [3.8, 4) is 0 Å². The number of aryl methyl sites for hydroxylation is 1. The van der Waals surface area contributed by atoms with Crippen molar-refractivity contribution in [1.82, 2.24) is 10.2 Å². The van der Waals surface area contributed by atoms with Crippen molar-refractivity contribution in [1.29, 1.82) is 0 Å². The number of carbonyl (C=O) groups is 1. The number of carbonyl (C=O) groups excluding carboxylic acids is 1. The fourth-order valence-corrected chi connectivity index (χ4v) is 1.47. The minimum absolute atomic E-state index is 0.424. The van der Waals surface area contributed by atoms with Crippen LogP contribution >= 0.6 is 0 Å². The van der Waals surface area contributed by atoms with Crippen LogP contribution in [0.15, 0.2) is 18.2 Å². The Morgan fingerprint density at radius 2 is 2.31 bits per heavy atom. The first-order valence-electron chi connectivity index (χ1n) is 5.01. The third-order valence-corrected chi connectivity index (χ3v) is 2.39. The molecule has 5 nitrogen and oxygen atoms in total. The molecule has 0 spiro atoms. The summed E-state index contributed by atoms with van der Waals surface area (Å²) in [6, 6.07) is 5.43. The van der Waals surface area contributed by atoms with E-state index in [1.807, 2.05) is 13.0 Å². The second-order valence-electron chi connectivity index (χ2n) is 3.75. The molecule has 16 heavy (non-hydrogen) atoms. The van der Waals surface area contributed by atoms with E-state index in [-0.39, 0.29) is 0 Å². The molecule has 84 valence electrons. The van der Waals surface area contributed by atoms with Gasteiger partial charge in [0, 0.05) is 16.8 Å². The number of fused-ring (bicyclic) bond motifs is 1. The predicted molar refractivity (Wildman–Crippen MR) is 61.1 cm³/mol. The lowest BCUT2D eigenvalue weighted by molar-refractivity contribution is -0.123. The van der Waals surface area contributed by atoms with E-state index in [1.54, 1.807) is 12.1 Å². The fourth-order valence-electron chi connectivity index (χ4n) is 1.47. The van der Waals surface area contributed by atoms with Crippen molar-refractivity contribution in [2.75, 3.05) is 5.32 Å². The van der Waals surface area contributed by atoms with E-state index in [1.165, 1.54) is 6.92 Å². The maximum Gasteiger partial charge on any atom is 0.252 e. The Bertz CT molecular complexity index is 531. The molecule has 0 radical (unpaired) electrons. The first-order chi connectivity index (χ1) is 7.58. The molecule has 0 aliphatic heterocycles. The van der Waals surface area contributed by atoms with Crippen LogP contribution in [0.5, 0.6) is 0 Å². The lowest BCUT2D eigenvalue weighted by Gasteiger charge is -2.06. The number of aliphatic hydroxyl groups excluding tert-OH is 1. The lowest BCUT2D eigenvalue weighted by atomic mass is 10.2. The number of nitrogens with one attached hydrogen (secondary N) is 2. The molecule has 1 unspecified atom stereocenters. The van der Waals surface area contributed by atoms with Gasteiger partial charge >= 0.3 is 0 Å². The first kappa shape index (κ1) is 10.6. The van der Waals surface area contributed by atoms with Crippen LogP contribution in [-0.2, 0) is 4.79 Å². The van der Waals surface area contributed by atoms with Gasteiger partial charge in [0.1, 0.15) is 6.10 Å². The molecule has 0 aliphatic rings. The van der Waals surface area contributed by atoms with Crippen molar-refractivity contribution < 1.29 is 9.90 Å². The summed E-state index contributed by atoms with van der Waals surface area (Å²) in [6.45, 7) is 3.36. The first-order valence-corrected chi connectivity index (χ1v) is 5.01. The highest BCUT2D eigenvalue weighted by atomic mass is 16.3. The Morgan fingerprint density at radius 3 is 3.00 bits per heavy atom. The highest BCUT2D eigenvalue weighted by Gasteiger charge is 2.09. The van der Waals surface area contributed by atoms with Gasteiger partial charge in [-0.25, -0.2) is 0 Å². The van der Waals surface area contributed by atoms with Crippen molar-refractivity contribution >= 4 is 22.5 Å². The highest BCUT2D eigenvalue weighted by molar-refractivity contribution is 5.96. The van der Waals surface area contributed by atoms with Crippen molar-refractivity contribution in [2.45, 2.75) is 20.0 Å². The summed E-state index contributed by atoms with van der Waals surface area (Å²) >= 11 is 0. The minimum Gasteiger partial charge on any atom is -0.384 e. The molecule has 3 N–H and O–H groups in total. The number of nitrogens with zero attached hydrogens (tertiary/aromatic N) is 1. The Hall–Kier alpha value is -1.88. The zero-order chi connectivity index (χ0) is 11.7. The molecule has 0 aliphatic carbocycles. The molecule has 5 heteroatoms. The van der Waals surface area contributed by atoms with Crippen molar-refractivity contribution in [3.63, 3.8) is 0 Å². The van der Waals surface area contributed by atoms with Crippen LogP contribution in [0.4, 0.5) is 5.69 Å². The molecule has 0 bridgehead atoms. The molecule has 0 fully saturated rings. The topological polar surface area (TPSA) is 78.0 Å². The van der Waals surface area contributed by atoms with Gasteiger partial charge in [-0.3, -0.25) is 9.89 Å². The number of H-pyrrole nitrogens is 1. The summed E-state index contributed by atoms with van der Waals surface area (Å²) < 4.78 is 0. The second-order valence-corrected chi connectivity index (χ2v) is 3.75. The number of hydrogen-bond donors (Lipinski definition) is 3. The van der Waals surface area contributed by atoms with Gasteiger partial charge in [-0.2, -0.15) is 5.10 Å². The normalized spacial score (nSPS) is 12.7. The maximum atomic E-state index is 11.3. The standard InChI is InChI=1S/C11H13N3O2/c1-6-9-4-3-8(5-10(9)14-13-6)12-11(16)7(2)15/h3-5,7,15H,1-2H3,(H,12,16)(H,13,14). The van der Waals surface area contributed by atoms with Gasteiger partial charge in [0.15, 0.2) is 0 Å². The van der Waals surface area contributed by atoms with Crippen LogP contribution < -0.4 is 5.32 Å². The van der Waals surface area contributed by atoms with Gasteiger partial charge in [-0.1, -0.05) is 0 Å². The number of aromatic amines is 1. The van der Waals surface area contributed by atoms with E-state index in [9.17, 15) is 4.79 Å². The van der Waals surface area contributed by atoms with Crippen LogP contribution in [0, 0.1) is 6.92 Å². The smallest absolute Gasteiger partial charge is 0.252 e. The Labute approximate surface area is 92.5 Å². The van der Waals surface area contributed by atoms with Gasteiger partial charge in [-0.05, 0) is 32.0 Å². The van der Waals surface area contributed by atoms with E-state index < -0.39 is 12.0 Å². The third kappa shape index (κ3) is 1.90. The zero-order valence-corrected chi connectivity index (χ0v) is 9.11. The summed E-state index contributed by atoms with van der Waals surface area (Å²) in [5.41, 5.74) is 2.41. The van der Waals surface area contributed by atoms with Crippen LogP contribution in [0.2, 0.25) is 0 Å². The average Bonchev–Trinajstić information content (AvgIpc) is 2.60. The number of anilines is 1. The number of aromatic nitrogens is 2. The minimum atomic E-state index is -1.02. The summed E-state index contributed by atoms with van der Waals surface area (Å²) in [7, 11) is 0. The van der Waals surface area contributed by atoms with Crippen LogP contribution in [-0.4, -0.2) is 27.3 Å². The molecule has 0 saturated carbocycles. The van der Waals surface area contributed by atoms with Crippen LogP contribution in [0.3, 0.4) is 0 Å². The van der Waals surface area contributed by atoms with Gasteiger partial charge in [-0.15, -0.1) is 0 Å². The van der Waals surface area contributed by atoms with Gasteiger partial charge in [0.25, 0.3) is 5.91 Å². The summed E-state index contributed by atoms with van der Waals surface area (Å²) in [6.07, 6.45) is -1.02. The van der Waals surface area contributed by atoms with Gasteiger partial charge in [0.2, 0.25) is 0 Å². The molecule has 1 amide bonds. The van der Waals surface area contributed by atoms with E-state index >= 15 is 0 Å². The molecular weight excluding hydrogens is 206 g/mol. The summed E-state index contributed by atoms with van der Waals surface area (Å²) in [5.74, 6) is -0.424. The molecule has 1 aromatic heterocycles. The maximum absolute atomic E-state index is 11.3.